The smallest absolute Gasteiger partial charge is 0.228 e. The summed E-state index contributed by atoms with van der Waals surface area (Å²) in [5.74, 6) is 1.98. The Morgan fingerprint density at radius 1 is 1.21 bits per heavy atom. The molecule has 28 heavy (non-hydrogen) atoms. The summed E-state index contributed by atoms with van der Waals surface area (Å²) in [5.41, 5.74) is 6.21. The van der Waals surface area contributed by atoms with Gasteiger partial charge in [0.2, 0.25) is 5.91 Å². The maximum absolute atomic E-state index is 12.2. The Morgan fingerprint density at radius 2 is 1.93 bits per heavy atom. The average Bonchev–Trinajstić information content (AvgIpc) is 3.18. The van der Waals surface area contributed by atoms with Gasteiger partial charge >= 0.3 is 0 Å². The number of rotatable bonds is 3. The van der Waals surface area contributed by atoms with E-state index in [1.807, 2.05) is 31.0 Å². The van der Waals surface area contributed by atoms with Crippen LogP contribution in [0.15, 0.2) is 42.5 Å². The van der Waals surface area contributed by atoms with Gasteiger partial charge in [-0.1, -0.05) is 25.3 Å². The summed E-state index contributed by atoms with van der Waals surface area (Å²) < 4.78 is 8.84. The van der Waals surface area contributed by atoms with E-state index in [2.05, 4.69) is 23.8 Å². The van der Waals surface area contributed by atoms with Crippen LogP contribution in [-0.2, 0) is 18.3 Å². The molecular formula is C23H25N3O2. The summed E-state index contributed by atoms with van der Waals surface area (Å²) in [6.07, 6.45) is 7.97. The van der Waals surface area contributed by atoms with Crippen LogP contribution in [0.4, 0.5) is 5.69 Å². The fourth-order valence-corrected chi connectivity index (χ4v) is 4.86. The maximum Gasteiger partial charge on any atom is 0.228 e. The Hall–Kier alpha value is -2.82. The van der Waals surface area contributed by atoms with Gasteiger partial charge in [-0.2, -0.15) is 0 Å². The van der Waals surface area contributed by atoms with Crippen LogP contribution in [0.3, 0.4) is 0 Å². The minimum absolute atomic E-state index is 0.186. The quantitative estimate of drug-likeness (QED) is 0.758. The molecule has 1 aromatic heterocycles. The van der Waals surface area contributed by atoms with Crippen LogP contribution in [0.5, 0.6) is 5.75 Å². The van der Waals surface area contributed by atoms with Crippen molar-refractivity contribution in [3.63, 3.8) is 0 Å². The van der Waals surface area contributed by atoms with E-state index < -0.39 is 0 Å². The Morgan fingerprint density at radius 3 is 2.50 bits per heavy atom. The standard InChI is InChI=1S/C23H25N3O2/c1-5-15-12-23(13-16(15)6-2)9-7-17-18(26-10-8-20(26)27)11-19-21(22(17)28-23)24-14(3)25(19)4/h5-6,11H,1-2,7-10,12-13H2,3-4H3. The first-order valence-corrected chi connectivity index (χ1v) is 9.91. The lowest BCUT2D eigenvalue weighted by atomic mass is 9.86. The largest absolute Gasteiger partial charge is 0.484 e. The van der Waals surface area contributed by atoms with E-state index >= 15 is 0 Å². The number of anilines is 1. The predicted molar refractivity (Wildman–Crippen MR) is 111 cm³/mol. The van der Waals surface area contributed by atoms with Gasteiger partial charge in [0.25, 0.3) is 0 Å². The zero-order valence-corrected chi connectivity index (χ0v) is 16.5. The lowest BCUT2D eigenvalue weighted by Crippen LogP contribution is -2.45. The molecule has 1 spiro atoms. The van der Waals surface area contributed by atoms with Gasteiger partial charge in [-0.15, -0.1) is 0 Å². The summed E-state index contributed by atoms with van der Waals surface area (Å²) in [7, 11) is 2.01. The monoisotopic (exact) mass is 375 g/mol. The molecule has 0 saturated carbocycles. The molecule has 1 fully saturated rings. The second-order valence-corrected chi connectivity index (χ2v) is 8.18. The van der Waals surface area contributed by atoms with E-state index in [0.29, 0.717) is 6.42 Å². The van der Waals surface area contributed by atoms with Crippen LogP contribution in [0.25, 0.3) is 11.0 Å². The minimum atomic E-state index is -0.268. The van der Waals surface area contributed by atoms with Gasteiger partial charge in [-0.25, -0.2) is 4.98 Å². The summed E-state index contributed by atoms with van der Waals surface area (Å²) >= 11 is 0. The second-order valence-electron chi connectivity index (χ2n) is 8.18. The predicted octanol–water partition coefficient (Wildman–Crippen LogP) is 4.14. The highest BCUT2D eigenvalue weighted by Crippen LogP contribution is 2.50. The normalized spacial score (nSPS) is 20.4. The van der Waals surface area contributed by atoms with Crippen LogP contribution >= 0.6 is 0 Å². The molecule has 144 valence electrons. The molecule has 5 rings (SSSR count). The van der Waals surface area contributed by atoms with Gasteiger partial charge in [0.15, 0.2) is 5.75 Å². The molecular weight excluding hydrogens is 350 g/mol. The third-order valence-corrected chi connectivity index (χ3v) is 6.66. The molecule has 2 aromatic rings. The van der Waals surface area contributed by atoms with Gasteiger partial charge in [0.1, 0.15) is 16.9 Å². The van der Waals surface area contributed by atoms with Crippen LogP contribution < -0.4 is 9.64 Å². The number of nitrogens with zero attached hydrogens (tertiary/aromatic N) is 3. The lowest BCUT2D eigenvalue weighted by Gasteiger charge is -2.39. The van der Waals surface area contributed by atoms with E-state index in [-0.39, 0.29) is 11.5 Å². The number of carbonyl (C=O) groups is 1. The van der Waals surface area contributed by atoms with Crippen molar-refractivity contribution >= 4 is 22.6 Å². The highest BCUT2D eigenvalue weighted by molar-refractivity contribution is 6.03. The number of β-lactam (4-membered cyclic amide) rings is 1. The zero-order chi connectivity index (χ0) is 19.6. The number of ether oxygens (including phenoxy) is 1. The molecule has 0 radical (unpaired) electrons. The number of hydrogen-bond acceptors (Lipinski definition) is 3. The van der Waals surface area contributed by atoms with E-state index in [0.717, 1.165) is 66.1 Å². The van der Waals surface area contributed by atoms with Crippen LogP contribution in [0.2, 0.25) is 0 Å². The average molecular weight is 375 g/mol. The third-order valence-electron chi connectivity index (χ3n) is 6.66. The van der Waals surface area contributed by atoms with Gasteiger partial charge in [-0.3, -0.25) is 4.79 Å². The van der Waals surface area contributed by atoms with Crippen molar-refractivity contribution in [2.24, 2.45) is 7.05 Å². The molecule has 2 aliphatic heterocycles. The van der Waals surface area contributed by atoms with E-state index in [1.165, 1.54) is 11.1 Å². The minimum Gasteiger partial charge on any atom is -0.484 e. The fraction of sp³-hybridized carbons (Fsp3) is 0.391. The molecule has 1 amide bonds. The summed E-state index contributed by atoms with van der Waals surface area (Å²) in [6, 6.07) is 2.11. The number of aryl methyl sites for hydroxylation is 2. The van der Waals surface area contributed by atoms with E-state index in [9.17, 15) is 4.79 Å². The topological polar surface area (TPSA) is 47.4 Å². The first-order valence-electron chi connectivity index (χ1n) is 9.91. The van der Waals surface area contributed by atoms with Crippen molar-refractivity contribution in [1.29, 1.82) is 0 Å². The molecule has 5 heteroatoms. The summed E-state index contributed by atoms with van der Waals surface area (Å²) in [5, 5.41) is 0. The van der Waals surface area contributed by atoms with Crippen LogP contribution in [0, 0.1) is 6.92 Å². The third kappa shape index (κ3) is 2.25. The first-order chi connectivity index (χ1) is 13.5. The Kier molecular flexibility index (Phi) is 3.60. The molecule has 3 heterocycles. The number of benzene rings is 1. The molecule has 0 N–H and O–H groups in total. The SMILES string of the molecule is C=CC1=C(C=C)CC2(CCc3c(N4CCC4=O)cc4c(nc(C)n4C)c3O2)C1. The van der Waals surface area contributed by atoms with Gasteiger partial charge in [-0.05, 0) is 37.0 Å². The number of amides is 1. The van der Waals surface area contributed by atoms with Crippen LogP contribution in [0.1, 0.15) is 37.1 Å². The van der Waals surface area contributed by atoms with Crippen LogP contribution in [-0.4, -0.2) is 27.6 Å². The Labute approximate surface area is 165 Å². The van der Waals surface area contributed by atoms with Crippen molar-refractivity contribution < 1.29 is 9.53 Å². The van der Waals surface area contributed by atoms with Crippen molar-refractivity contribution in [3.05, 3.63) is 53.9 Å². The lowest BCUT2D eigenvalue weighted by molar-refractivity contribution is -0.122. The highest BCUT2D eigenvalue weighted by Gasteiger charge is 2.44. The van der Waals surface area contributed by atoms with Crippen molar-refractivity contribution in [1.82, 2.24) is 9.55 Å². The van der Waals surface area contributed by atoms with Crippen molar-refractivity contribution in [3.8, 4) is 5.75 Å². The number of fused-ring (bicyclic) bond motifs is 3. The molecule has 0 unspecified atom stereocenters. The van der Waals surface area contributed by atoms with Crippen molar-refractivity contribution in [2.45, 2.75) is 44.6 Å². The number of aromatic nitrogens is 2. The van der Waals surface area contributed by atoms with Gasteiger partial charge < -0.3 is 14.2 Å². The molecule has 1 saturated heterocycles. The molecule has 1 aromatic carbocycles. The summed E-state index contributed by atoms with van der Waals surface area (Å²) in [4.78, 5) is 18.9. The fourth-order valence-electron chi connectivity index (χ4n) is 4.86. The number of allylic oxidation sites excluding steroid dienone is 2. The second kappa shape index (κ2) is 5.84. The number of hydrogen-bond donors (Lipinski definition) is 0. The Balaban J connectivity index is 1.66. The maximum atomic E-state index is 12.2. The first kappa shape index (κ1) is 17.3. The molecule has 3 aliphatic rings. The highest BCUT2D eigenvalue weighted by atomic mass is 16.5. The molecule has 5 nitrogen and oxygen atoms in total. The Bertz CT molecular complexity index is 1070. The zero-order valence-electron chi connectivity index (χ0n) is 16.5. The van der Waals surface area contributed by atoms with Gasteiger partial charge in [0.05, 0.1) is 11.2 Å². The van der Waals surface area contributed by atoms with Crippen molar-refractivity contribution in [2.75, 3.05) is 11.4 Å². The molecule has 1 aliphatic carbocycles. The molecule has 0 bridgehead atoms. The van der Waals surface area contributed by atoms with E-state index in [1.54, 1.807) is 0 Å². The molecule has 0 atom stereocenters. The number of carbonyl (C=O) groups excluding carboxylic acids is 1. The van der Waals surface area contributed by atoms with E-state index in [4.69, 9.17) is 9.72 Å². The number of imidazole rings is 1. The van der Waals surface area contributed by atoms with Gasteiger partial charge in [0, 0.05) is 38.4 Å². The summed E-state index contributed by atoms with van der Waals surface area (Å²) in [6.45, 7) is 10.7.